The van der Waals surface area contributed by atoms with E-state index in [9.17, 15) is 4.79 Å². The fraction of sp³-hybridized carbons (Fsp3) is 0.188. The van der Waals surface area contributed by atoms with Crippen LogP contribution in [0.3, 0.4) is 0 Å². The normalized spacial score (nSPS) is 17.0. The van der Waals surface area contributed by atoms with Gasteiger partial charge in [-0.15, -0.1) is 0 Å². The molecule has 3 rings (SSSR count). The summed E-state index contributed by atoms with van der Waals surface area (Å²) in [6, 6.07) is 12.3. The molecule has 21 heavy (non-hydrogen) atoms. The summed E-state index contributed by atoms with van der Waals surface area (Å²) in [5.41, 5.74) is 8.53. The maximum atomic E-state index is 12.4. The van der Waals surface area contributed by atoms with Crippen LogP contribution in [0.15, 0.2) is 42.5 Å². The second-order valence-electron chi connectivity index (χ2n) is 4.92. The van der Waals surface area contributed by atoms with Crippen molar-refractivity contribution in [3.63, 3.8) is 0 Å². The number of fused-ring (bicyclic) bond motifs is 1. The van der Waals surface area contributed by atoms with Crippen molar-refractivity contribution in [1.82, 2.24) is 0 Å². The van der Waals surface area contributed by atoms with Crippen molar-refractivity contribution >= 4 is 23.2 Å². The smallest absolute Gasteiger partial charge is 0.248 e. The van der Waals surface area contributed by atoms with Crippen LogP contribution in [0, 0.1) is 0 Å². The Morgan fingerprint density at radius 1 is 1.29 bits per heavy atom. The van der Waals surface area contributed by atoms with Crippen molar-refractivity contribution in [2.45, 2.75) is 12.6 Å². The third-order valence-electron chi connectivity index (χ3n) is 3.67. The lowest BCUT2D eigenvalue weighted by Crippen LogP contribution is -2.31. The number of nitrogens with zero attached hydrogens (tertiary/aromatic N) is 1. The van der Waals surface area contributed by atoms with Crippen LogP contribution in [0.25, 0.3) is 0 Å². The SMILES string of the molecule is COc1ccc(Cl)cc1CN1C(=O)C(N)c2ccccc21. The van der Waals surface area contributed by atoms with E-state index in [1.165, 1.54) is 0 Å². The topological polar surface area (TPSA) is 55.6 Å². The lowest BCUT2D eigenvalue weighted by molar-refractivity contribution is -0.119. The summed E-state index contributed by atoms with van der Waals surface area (Å²) < 4.78 is 5.33. The molecular formula is C16H15ClN2O2. The first-order valence-electron chi connectivity index (χ1n) is 6.60. The summed E-state index contributed by atoms with van der Waals surface area (Å²) in [4.78, 5) is 14.1. The molecule has 0 bridgehead atoms. The Bertz CT molecular complexity index is 702. The average molecular weight is 303 g/mol. The molecule has 0 radical (unpaired) electrons. The first-order valence-corrected chi connectivity index (χ1v) is 6.98. The molecule has 2 aromatic rings. The number of amides is 1. The maximum Gasteiger partial charge on any atom is 0.248 e. The largest absolute Gasteiger partial charge is 0.496 e. The molecule has 0 fully saturated rings. The number of hydrogen-bond acceptors (Lipinski definition) is 3. The Morgan fingerprint density at radius 3 is 2.81 bits per heavy atom. The van der Waals surface area contributed by atoms with Gasteiger partial charge in [-0.05, 0) is 24.3 Å². The quantitative estimate of drug-likeness (QED) is 0.948. The van der Waals surface area contributed by atoms with E-state index in [0.717, 1.165) is 16.8 Å². The predicted molar refractivity (Wildman–Crippen MR) is 82.6 cm³/mol. The number of methoxy groups -OCH3 is 1. The molecule has 1 heterocycles. The fourth-order valence-electron chi connectivity index (χ4n) is 2.62. The highest BCUT2D eigenvalue weighted by atomic mass is 35.5. The van der Waals surface area contributed by atoms with Crippen molar-refractivity contribution in [3.8, 4) is 5.75 Å². The van der Waals surface area contributed by atoms with Crippen molar-refractivity contribution in [2.75, 3.05) is 12.0 Å². The van der Waals surface area contributed by atoms with Crippen LogP contribution in [-0.4, -0.2) is 13.0 Å². The van der Waals surface area contributed by atoms with Crippen LogP contribution in [0.2, 0.25) is 5.02 Å². The number of para-hydroxylation sites is 1. The minimum absolute atomic E-state index is 0.113. The van der Waals surface area contributed by atoms with Crippen molar-refractivity contribution in [1.29, 1.82) is 0 Å². The maximum absolute atomic E-state index is 12.4. The van der Waals surface area contributed by atoms with Crippen LogP contribution in [0.1, 0.15) is 17.2 Å². The van der Waals surface area contributed by atoms with Crippen molar-refractivity contribution in [2.24, 2.45) is 5.73 Å². The van der Waals surface area contributed by atoms with E-state index in [2.05, 4.69) is 0 Å². The molecule has 0 aromatic heterocycles. The molecule has 0 aliphatic carbocycles. The molecule has 2 N–H and O–H groups in total. The van der Waals surface area contributed by atoms with Crippen LogP contribution < -0.4 is 15.4 Å². The minimum Gasteiger partial charge on any atom is -0.496 e. The van der Waals surface area contributed by atoms with Gasteiger partial charge in [0.1, 0.15) is 11.8 Å². The lowest BCUT2D eigenvalue weighted by atomic mass is 10.1. The van der Waals surface area contributed by atoms with E-state index in [-0.39, 0.29) is 5.91 Å². The number of halogens is 1. The van der Waals surface area contributed by atoms with Crippen molar-refractivity contribution in [3.05, 3.63) is 58.6 Å². The van der Waals surface area contributed by atoms with Gasteiger partial charge in [0.15, 0.2) is 0 Å². The second kappa shape index (κ2) is 5.39. The van der Waals surface area contributed by atoms with Gasteiger partial charge < -0.3 is 15.4 Å². The van der Waals surface area contributed by atoms with Gasteiger partial charge in [-0.2, -0.15) is 0 Å². The molecule has 0 saturated carbocycles. The molecule has 4 nitrogen and oxygen atoms in total. The Morgan fingerprint density at radius 2 is 2.05 bits per heavy atom. The third kappa shape index (κ3) is 2.37. The number of carbonyl (C=O) groups is 1. The van der Waals surface area contributed by atoms with Gasteiger partial charge in [-0.3, -0.25) is 4.79 Å². The third-order valence-corrected chi connectivity index (χ3v) is 3.90. The van der Waals surface area contributed by atoms with Gasteiger partial charge in [-0.25, -0.2) is 0 Å². The number of ether oxygens (including phenoxy) is 1. The van der Waals surface area contributed by atoms with Crippen LogP contribution in [-0.2, 0) is 11.3 Å². The first kappa shape index (κ1) is 13.9. The summed E-state index contributed by atoms with van der Waals surface area (Å²) in [5.74, 6) is 0.586. The van der Waals surface area contributed by atoms with E-state index >= 15 is 0 Å². The molecule has 1 aliphatic heterocycles. The van der Waals surface area contributed by atoms with E-state index in [1.54, 1.807) is 30.2 Å². The molecule has 0 saturated heterocycles. The van der Waals surface area contributed by atoms with Gasteiger partial charge in [-0.1, -0.05) is 29.8 Å². The fourth-order valence-corrected chi connectivity index (χ4v) is 2.81. The Balaban J connectivity index is 1.99. The van der Waals surface area contributed by atoms with Gasteiger partial charge in [0, 0.05) is 21.8 Å². The van der Waals surface area contributed by atoms with E-state index < -0.39 is 6.04 Å². The van der Waals surface area contributed by atoms with Gasteiger partial charge in [0.25, 0.3) is 0 Å². The Kier molecular flexibility index (Phi) is 3.57. The molecule has 108 valence electrons. The van der Waals surface area contributed by atoms with Gasteiger partial charge in [0.2, 0.25) is 5.91 Å². The molecule has 1 atom stereocenters. The number of rotatable bonds is 3. The van der Waals surface area contributed by atoms with E-state index in [1.807, 2.05) is 24.3 Å². The van der Waals surface area contributed by atoms with E-state index in [4.69, 9.17) is 22.1 Å². The highest BCUT2D eigenvalue weighted by Crippen LogP contribution is 2.36. The number of nitrogens with two attached hydrogens (primary N) is 1. The molecule has 1 unspecified atom stereocenters. The lowest BCUT2D eigenvalue weighted by Gasteiger charge is -2.19. The molecule has 2 aromatic carbocycles. The molecule has 0 spiro atoms. The number of anilines is 1. The molecule has 1 amide bonds. The zero-order valence-corrected chi connectivity index (χ0v) is 12.3. The van der Waals surface area contributed by atoms with Gasteiger partial charge >= 0.3 is 0 Å². The summed E-state index contributed by atoms with van der Waals surface area (Å²) in [6.45, 7) is 0.382. The summed E-state index contributed by atoms with van der Waals surface area (Å²) in [5, 5.41) is 0.607. The van der Waals surface area contributed by atoms with E-state index in [0.29, 0.717) is 17.3 Å². The van der Waals surface area contributed by atoms with Crippen LogP contribution in [0.5, 0.6) is 5.75 Å². The second-order valence-corrected chi connectivity index (χ2v) is 5.35. The van der Waals surface area contributed by atoms with Crippen LogP contribution in [0.4, 0.5) is 5.69 Å². The summed E-state index contributed by atoms with van der Waals surface area (Å²) in [7, 11) is 1.60. The number of benzene rings is 2. The van der Waals surface area contributed by atoms with Crippen LogP contribution >= 0.6 is 11.6 Å². The summed E-state index contributed by atoms with van der Waals surface area (Å²) in [6.07, 6.45) is 0. The Labute approximate surface area is 128 Å². The first-order chi connectivity index (χ1) is 10.1. The Hall–Kier alpha value is -2.04. The molecule has 1 aliphatic rings. The number of hydrogen-bond donors (Lipinski definition) is 1. The zero-order valence-electron chi connectivity index (χ0n) is 11.5. The minimum atomic E-state index is -0.605. The monoisotopic (exact) mass is 302 g/mol. The average Bonchev–Trinajstić information content (AvgIpc) is 2.73. The standard InChI is InChI=1S/C16H15ClN2O2/c1-21-14-7-6-11(17)8-10(14)9-19-13-5-3-2-4-12(13)15(18)16(19)20/h2-8,15H,9,18H2,1H3. The molecular weight excluding hydrogens is 288 g/mol. The predicted octanol–water partition coefficient (Wildman–Crippen LogP) is 2.90. The van der Waals surface area contributed by atoms with Gasteiger partial charge in [0.05, 0.1) is 13.7 Å². The zero-order chi connectivity index (χ0) is 15.0. The summed E-state index contributed by atoms with van der Waals surface area (Å²) >= 11 is 6.04. The number of carbonyl (C=O) groups excluding carboxylic acids is 1. The van der Waals surface area contributed by atoms with Crippen molar-refractivity contribution < 1.29 is 9.53 Å². The molecule has 5 heteroatoms. The highest BCUT2D eigenvalue weighted by Gasteiger charge is 2.34. The highest BCUT2D eigenvalue weighted by molar-refractivity contribution is 6.30.